The number of nitrogens with one attached hydrogen (secondary N) is 1. The Kier molecular flexibility index (Phi) is 7.57. The number of aromatic amines is 1. The Morgan fingerprint density at radius 1 is 0.897 bits per heavy atom. The van der Waals surface area contributed by atoms with E-state index in [1.54, 1.807) is 0 Å². The van der Waals surface area contributed by atoms with Gasteiger partial charge in [0.25, 0.3) is 0 Å². The Labute approximate surface area is 234 Å². The van der Waals surface area contributed by atoms with Gasteiger partial charge in [-0.3, -0.25) is 4.90 Å². The van der Waals surface area contributed by atoms with E-state index in [0.717, 1.165) is 66.6 Å². The normalized spacial score (nSPS) is 12.9. The minimum atomic E-state index is 0.568. The standard InChI is InChI=1S/C32H33ClN4O2/c1-2-3-15-37-28(31(33)35-32(37)25-7-5-4-6-8-25)22-36(20-23-9-11-27-26(18-23)13-14-34-27)21-24-10-12-29-30(19-24)39-17-16-38-29/h4-14,18-19,34H,2-3,15-17,20-22H2,1H3. The first-order valence-electron chi connectivity index (χ1n) is 13.6. The van der Waals surface area contributed by atoms with Crippen molar-refractivity contribution in [3.8, 4) is 22.9 Å². The highest BCUT2D eigenvalue weighted by atomic mass is 35.5. The fraction of sp³-hybridized carbons (Fsp3) is 0.281. The maximum Gasteiger partial charge on any atom is 0.161 e. The molecule has 0 atom stereocenters. The first kappa shape index (κ1) is 25.5. The van der Waals surface area contributed by atoms with Gasteiger partial charge in [0.05, 0.1) is 5.69 Å². The third-order valence-corrected chi connectivity index (χ3v) is 7.50. The van der Waals surface area contributed by atoms with E-state index in [1.165, 1.54) is 16.5 Å². The summed E-state index contributed by atoms with van der Waals surface area (Å²) in [5.41, 5.74) is 5.69. The quantitative estimate of drug-likeness (QED) is 0.200. The third kappa shape index (κ3) is 5.68. The molecule has 5 aromatic rings. The summed E-state index contributed by atoms with van der Waals surface area (Å²) in [7, 11) is 0. The van der Waals surface area contributed by atoms with E-state index in [-0.39, 0.29) is 0 Å². The molecule has 0 amide bonds. The molecule has 6 rings (SSSR count). The second-order valence-electron chi connectivity index (χ2n) is 10.1. The largest absolute Gasteiger partial charge is 0.486 e. The predicted molar refractivity (Wildman–Crippen MR) is 156 cm³/mol. The van der Waals surface area contributed by atoms with Crippen LogP contribution in [0.15, 0.2) is 79.0 Å². The second kappa shape index (κ2) is 11.6. The Morgan fingerprint density at radius 2 is 1.67 bits per heavy atom. The summed E-state index contributed by atoms with van der Waals surface area (Å²) >= 11 is 6.89. The molecule has 1 aliphatic rings. The highest BCUT2D eigenvalue weighted by molar-refractivity contribution is 6.30. The highest BCUT2D eigenvalue weighted by Gasteiger charge is 2.21. The van der Waals surface area contributed by atoms with E-state index in [1.807, 2.05) is 30.5 Å². The number of aromatic nitrogens is 3. The predicted octanol–water partition coefficient (Wildman–Crippen LogP) is 7.46. The molecule has 6 nitrogen and oxygen atoms in total. The summed E-state index contributed by atoms with van der Waals surface area (Å²) in [5.74, 6) is 2.55. The molecule has 0 saturated heterocycles. The summed E-state index contributed by atoms with van der Waals surface area (Å²) in [6.45, 7) is 6.43. The fourth-order valence-electron chi connectivity index (χ4n) is 5.26. The molecular formula is C32H33ClN4O2. The van der Waals surface area contributed by atoms with Gasteiger partial charge in [0, 0.05) is 43.5 Å². The van der Waals surface area contributed by atoms with Crippen LogP contribution in [0, 0.1) is 0 Å². The van der Waals surface area contributed by atoms with Gasteiger partial charge in [0.15, 0.2) is 16.7 Å². The first-order valence-corrected chi connectivity index (χ1v) is 14.0. The topological polar surface area (TPSA) is 55.3 Å². The van der Waals surface area contributed by atoms with Crippen molar-refractivity contribution in [1.29, 1.82) is 0 Å². The zero-order valence-corrected chi connectivity index (χ0v) is 23.0. The number of ether oxygens (including phenoxy) is 2. The molecule has 1 aliphatic heterocycles. The van der Waals surface area contributed by atoms with Crippen LogP contribution in [0.5, 0.6) is 11.5 Å². The Balaban J connectivity index is 1.35. The Hall–Kier alpha value is -3.74. The molecule has 1 N–H and O–H groups in total. The molecule has 0 bridgehead atoms. The number of rotatable bonds is 10. The molecule has 0 spiro atoms. The lowest BCUT2D eigenvalue weighted by Gasteiger charge is -2.25. The molecule has 0 fully saturated rings. The van der Waals surface area contributed by atoms with E-state index in [9.17, 15) is 0 Å². The number of halogens is 1. The molecule has 0 unspecified atom stereocenters. The smallest absolute Gasteiger partial charge is 0.161 e. The van der Waals surface area contributed by atoms with E-state index >= 15 is 0 Å². The van der Waals surface area contributed by atoms with Crippen LogP contribution < -0.4 is 9.47 Å². The van der Waals surface area contributed by atoms with Gasteiger partial charge in [-0.1, -0.05) is 67.4 Å². The molecular weight excluding hydrogens is 508 g/mol. The van der Waals surface area contributed by atoms with Gasteiger partial charge in [-0.2, -0.15) is 0 Å². The average molecular weight is 541 g/mol. The van der Waals surface area contributed by atoms with Crippen molar-refractivity contribution in [3.05, 3.63) is 101 Å². The van der Waals surface area contributed by atoms with Crippen molar-refractivity contribution in [2.75, 3.05) is 13.2 Å². The number of H-pyrrole nitrogens is 1. The summed E-state index contributed by atoms with van der Waals surface area (Å²) in [6.07, 6.45) is 4.14. The van der Waals surface area contributed by atoms with Crippen molar-refractivity contribution >= 4 is 22.5 Å². The van der Waals surface area contributed by atoms with Crippen LogP contribution in [-0.4, -0.2) is 32.6 Å². The number of fused-ring (bicyclic) bond motifs is 2. The number of unbranched alkanes of at least 4 members (excludes halogenated alkanes) is 1. The minimum absolute atomic E-state index is 0.568. The van der Waals surface area contributed by atoms with Crippen LogP contribution in [0.2, 0.25) is 5.15 Å². The van der Waals surface area contributed by atoms with Crippen molar-refractivity contribution in [3.63, 3.8) is 0 Å². The lowest BCUT2D eigenvalue weighted by Crippen LogP contribution is -2.24. The molecule has 3 heterocycles. The Bertz CT molecular complexity index is 1560. The van der Waals surface area contributed by atoms with Crippen LogP contribution >= 0.6 is 11.6 Å². The van der Waals surface area contributed by atoms with Crippen LogP contribution in [0.3, 0.4) is 0 Å². The minimum Gasteiger partial charge on any atom is -0.486 e. The van der Waals surface area contributed by atoms with E-state index in [4.69, 9.17) is 26.1 Å². The number of hydrogen-bond acceptors (Lipinski definition) is 4. The van der Waals surface area contributed by atoms with E-state index in [0.29, 0.717) is 24.9 Å². The molecule has 0 saturated carbocycles. The van der Waals surface area contributed by atoms with Gasteiger partial charge in [0.1, 0.15) is 19.0 Å². The molecule has 39 heavy (non-hydrogen) atoms. The van der Waals surface area contributed by atoms with Gasteiger partial charge < -0.3 is 19.0 Å². The van der Waals surface area contributed by atoms with Crippen molar-refractivity contribution in [2.24, 2.45) is 0 Å². The zero-order valence-electron chi connectivity index (χ0n) is 22.2. The van der Waals surface area contributed by atoms with Crippen LogP contribution in [-0.2, 0) is 26.2 Å². The zero-order chi connectivity index (χ0) is 26.6. The molecule has 200 valence electrons. The summed E-state index contributed by atoms with van der Waals surface area (Å²) < 4.78 is 13.9. The average Bonchev–Trinajstić information content (AvgIpc) is 3.56. The number of hydrogen-bond donors (Lipinski definition) is 1. The van der Waals surface area contributed by atoms with Crippen LogP contribution in [0.1, 0.15) is 36.6 Å². The fourth-order valence-corrected chi connectivity index (χ4v) is 5.50. The number of imidazole rings is 1. The van der Waals surface area contributed by atoms with Crippen LogP contribution in [0.4, 0.5) is 0 Å². The third-order valence-electron chi connectivity index (χ3n) is 7.20. The number of benzene rings is 3. The molecule has 0 radical (unpaired) electrons. The van der Waals surface area contributed by atoms with Crippen molar-refractivity contribution in [1.82, 2.24) is 19.4 Å². The SMILES string of the molecule is CCCCn1c(-c2ccccc2)nc(Cl)c1CN(Cc1ccc2c(c1)OCCO2)Cc1ccc2[nH]ccc2c1. The summed E-state index contributed by atoms with van der Waals surface area (Å²) in [4.78, 5) is 10.6. The maximum atomic E-state index is 6.89. The Morgan fingerprint density at radius 3 is 2.49 bits per heavy atom. The first-order chi connectivity index (χ1) is 19.2. The van der Waals surface area contributed by atoms with Gasteiger partial charge >= 0.3 is 0 Å². The lowest BCUT2D eigenvalue weighted by molar-refractivity contribution is 0.170. The van der Waals surface area contributed by atoms with Crippen molar-refractivity contribution < 1.29 is 9.47 Å². The summed E-state index contributed by atoms with van der Waals surface area (Å²) in [6, 6.07) is 25.3. The van der Waals surface area contributed by atoms with Gasteiger partial charge in [-0.15, -0.1) is 0 Å². The van der Waals surface area contributed by atoms with Gasteiger partial charge in [-0.05, 0) is 53.3 Å². The second-order valence-corrected chi connectivity index (χ2v) is 10.4. The van der Waals surface area contributed by atoms with Gasteiger partial charge in [-0.25, -0.2) is 4.98 Å². The van der Waals surface area contributed by atoms with Crippen molar-refractivity contribution in [2.45, 2.75) is 45.9 Å². The molecule has 3 aromatic carbocycles. The molecule has 2 aromatic heterocycles. The monoisotopic (exact) mass is 540 g/mol. The van der Waals surface area contributed by atoms with E-state index in [2.05, 4.69) is 69.9 Å². The lowest BCUT2D eigenvalue weighted by atomic mass is 10.1. The summed E-state index contributed by atoms with van der Waals surface area (Å²) in [5, 5.41) is 1.78. The van der Waals surface area contributed by atoms with Crippen LogP contribution in [0.25, 0.3) is 22.3 Å². The number of nitrogens with zero attached hydrogens (tertiary/aromatic N) is 3. The van der Waals surface area contributed by atoms with E-state index < -0.39 is 0 Å². The maximum absolute atomic E-state index is 6.89. The molecule has 7 heteroatoms. The van der Waals surface area contributed by atoms with Gasteiger partial charge in [0.2, 0.25) is 0 Å². The highest BCUT2D eigenvalue weighted by Crippen LogP contribution is 2.32. The molecule has 0 aliphatic carbocycles.